The number of benzene rings is 1. The van der Waals surface area contributed by atoms with Crippen molar-refractivity contribution in [3.8, 4) is 0 Å². The molecule has 9 heteroatoms. The molecule has 138 valence electrons. The van der Waals surface area contributed by atoms with E-state index in [-0.39, 0.29) is 29.4 Å². The van der Waals surface area contributed by atoms with Crippen molar-refractivity contribution < 1.29 is 14.0 Å². The number of nitrogens with one attached hydrogen (secondary N) is 3. The summed E-state index contributed by atoms with van der Waals surface area (Å²) in [5.74, 6) is -0.709. The topological polar surface area (TPSA) is 104 Å². The average molecular weight is 378 g/mol. The lowest BCUT2D eigenvalue weighted by molar-refractivity contribution is -0.115. The highest BCUT2D eigenvalue weighted by molar-refractivity contribution is 7.99. The smallest absolute Gasteiger partial charge is 0.277 e. The number of hydrogen-bond acceptors (Lipinski definition) is 5. The van der Waals surface area contributed by atoms with Crippen LogP contribution in [0.1, 0.15) is 37.0 Å². The molecule has 2 rings (SSSR count). The summed E-state index contributed by atoms with van der Waals surface area (Å²) in [6, 6.07) is 4.87. The summed E-state index contributed by atoms with van der Waals surface area (Å²) in [6.07, 6.45) is 1.07. The molecule has 0 fully saturated rings. The lowest BCUT2D eigenvalue weighted by atomic mass is 10.2. The molecule has 0 bridgehead atoms. The fourth-order valence-corrected chi connectivity index (χ4v) is 2.65. The molecule has 3 N–H and O–H groups in total. The van der Waals surface area contributed by atoms with Gasteiger partial charge in [0.05, 0.1) is 0 Å². The highest BCUT2D eigenvalue weighted by Crippen LogP contribution is 2.20. The monoisotopic (exact) mass is 378 g/mol. The number of carbonyl (C=O) groups excluding carboxylic acids is 2. The zero-order valence-corrected chi connectivity index (χ0v) is 15.2. The fraction of sp³-hybridized carbons (Fsp3) is 0.294. The molecule has 0 saturated heterocycles. The van der Waals surface area contributed by atoms with Gasteiger partial charge in [0.15, 0.2) is 16.7 Å². The maximum Gasteiger partial charge on any atom is 0.277 e. The normalized spacial score (nSPS) is 10.4. The predicted octanol–water partition coefficient (Wildman–Crippen LogP) is 3.01. The Bertz CT molecular complexity index is 852. The maximum atomic E-state index is 13.0. The molecule has 0 saturated carbocycles. The quantitative estimate of drug-likeness (QED) is 0.507. The fourth-order valence-electron chi connectivity index (χ4n) is 1.93. The van der Waals surface area contributed by atoms with Crippen LogP contribution in [0.5, 0.6) is 0 Å². The molecule has 7 nitrogen and oxygen atoms in total. The van der Waals surface area contributed by atoms with E-state index in [1.807, 2.05) is 6.92 Å². The van der Waals surface area contributed by atoms with Crippen molar-refractivity contribution in [2.24, 2.45) is 0 Å². The van der Waals surface area contributed by atoms with Crippen LogP contribution in [0, 0.1) is 5.82 Å². The molecule has 0 aliphatic carbocycles. The van der Waals surface area contributed by atoms with E-state index < -0.39 is 17.3 Å². The van der Waals surface area contributed by atoms with E-state index in [0.29, 0.717) is 5.16 Å². The number of amides is 2. The lowest BCUT2D eigenvalue weighted by Gasteiger charge is -2.12. The molecule has 0 spiro atoms. The van der Waals surface area contributed by atoms with Gasteiger partial charge in [0, 0.05) is 17.7 Å². The number of H-pyrrole nitrogens is 1. The first-order chi connectivity index (χ1) is 12.4. The van der Waals surface area contributed by atoms with E-state index >= 15 is 0 Å². The van der Waals surface area contributed by atoms with E-state index in [0.717, 1.165) is 24.3 Å². The van der Waals surface area contributed by atoms with Gasteiger partial charge in [-0.2, -0.15) is 0 Å². The standard InChI is InChI=1S/C17H19FN4O3S/c1-3-9-26-17-21-14(19-12(23)4-2)13(16(25)22-17)20-15(24)10-5-7-11(18)8-6-10/h5-8H,3-4,9H2,1-2H3,(H,20,24)(H2,19,21,22,23,25). The second kappa shape index (κ2) is 9.14. The van der Waals surface area contributed by atoms with Crippen LogP contribution in [0.25, 0.3) is 0 Å². The third-order valence-electron chi connectivity index (χ3n) is 3.26. The Morgan fingerprint density at radius 2 is 1.88 bits per heavy atom. The van der Waals surface area contributed by atoms with Gasteiger partial charge >= 0.3 is 0 Å². The van der Waals surface area contributed by atoms with Crippen molar-refractivity contribution >= 4 is 35.1 Å². The zero-order valence-electron chi connectivity index (χ0n) is 14.4. The van der Waals surface area contributed by atoms with Crippen molar-refractivity contribution in [1.29, 1.82) is 0 Å². The zero-order chi connectivity index (χ0) is 19.1. The Morgan fingerprint density at radius 3 is 2.50 bits per heavy atom. The highest BCUT2D eigenvalue weighted by Gasteiger charge is 2.17. The number of carbonyl (C=O) groups is 2. The highest BCUT2D eigenvalue weighted by atomic mass is 32.2. The number of nitrogens with zero attached hydrogens (tertiary/aromatic N) is 1. The number of thioether (sulfide) groups is 1. The lowest BCUT2D eigenvalue weighted by Crippen LogP contribution is -2.25. The summed E-state index contributed by atoms with van der Waals surface area (Å²) in [6.45, 7) is 3.65. The van der Waals surface area contributed by atoms with Gasteiger partial charge in [-0.15, -0.1) is 0 Å². The molecule has 1 heterocycles. The van der Waals surface area contributed by atoms with Gasteiger partial charge in [-0.25, -0.2) is 9.37 Å². The van der Waals surface area contributed by atoms with E-state index in [9.17, 15) is 18.8 Å². The number of anilines is 2. The van der Waals surface area contributed by atoms with Crippen molar-refractivity contribution in [2.45, 2.75) is 31.8 Å². The minimum absolute atomic E-state index is 0.0188. The number of halogens is 1. The van der Waals surface area contributed by atoms with Crippen LogP contribution in [0.3, 0.4) is 0 Å². The SMILES string of the molecule is CCCSc1nc(NC(=O)CC)c(NC(=O)c2ccc(F)cc2)c(=O)[nH]1. The first kappa shape index (κ1) is 19.6. The second-order valence-electron chi connectivity index (χ2n) is 5.31. The Hall–Kier alpha value is -2.68. The largest absolute Gasteiger partial charge is 0.314 e. The predicted molar refractivity (Wildman–Crippen MR) is 99.1 cm³/mol. The molecule has 0 aliphatic heterocycles. The van der Waals surface area contributed by atoms with Crippen LogP contribution >= 0.6 is 11.8 Å². The van der Waals surface area contributed by atoms with E-state index in [4.69, 9.17) is 0 Å². The first-order valence-electron chi connectivity index (χ1n) is 8.08. The second-order valence-corrected chi connectivity index (χ2v) is 6.39. The molecule has 0 aliphatic rings. The Balaban J connectivity index is 2.35. The molecule has 2 amide bonds. The molecule has 0 unspecified atom stereocenters. The summed E-state index contributed by atoms with van der Waals surface area (Å²) in [5.41, 5.74) is -0.578. The number of rotatable bonds is 7. The Morgan fingerprint density at radius 1 is 1.19 bits per heavy atom. The number of aromatic nitrogens is 2. The molecule has 1 aromatic heterocycles. The average Bonchev–Trinajstić information content (AvgIpc) is 2.63. The minimum atomic E-state index is -0.613. The molecular weight excluding hydrogens is 359 g/mol. The van der Waals surface area contributed by atoms with E-state index in [1.165, 1.54) is 23.9 Å². The van der Waals surface area contributed by atoms with Crippen molar-refractivity contribution in [3.63, 3.8) is 0 Å². The van der Waals surface area contributed by atoms with Crippen LogP contribution in [0.4, 0.5) is 15.9 Å². The van der Waals surface area contributed by atoms with Crippen molar-refractivity contribution in [2.75, 3.05) is 16.4 Å². The molecule has 26 heavy (non-hydrogen) atoms. The summed E-state index contributed by atoms with van der Waals surface area (Å²) in [7, 11) is 0. The van der Waals surface area contributed by atoms with Gasteiger partial charge in [0.1, 0.15) is 5.82 Å². The van der Waals surface area contributed by atoms with Crippen molar-refractivity contribution in [1.82, 2.24) is 9.97 Å². The van der Waals surface area contributed by atoms with Gasteiger partial charge in [-0.1, -0.05) is 25.6 Å². The van der Waals surface area contributed by atoms with Crippen molar-refractivity contribution in [3.05, 3.63) is 46.0 Å². The summed E-state index contributed by atoms with van der Waals surface area (Å²) in [4.78, 5) is 43.2. The number of hydrogen-bond donors (Lipinski definition) is 3. The van der Waals surface area contributed by atoms with E-state index in [2.05, 4.69) is 20.6 Å². The molecule has 2 aromatic rings. The van der Waals surface area contributed by atoms with Gasteiger partial charge in [0.2, 0.25) is 5.91 Å². The molecule has 0 atom stereocenters. The third kappa shape index (κ3) is 5.16. The number of aromatic amines is 1. The summed E-state index contributed by atoms with van der Waals surface area (Å²) >= 11 is 1.34. The van der Waals surface area contributed by atoms with Crippen LogP contribution in [0.15, 0.2) is 34.2 Å². The molecule has 0 radical (unpaired) electrons. The third-order valence-corrected chi connectivity index (χ3v) is 4.34. The van der Waals surface area contributed by atoms with Crippen LogP contribution in [-0.4, -0.2) is 27.5 Å². The Labute approximate surface area is 153 Å². The first-order valence-corrected chi connectivity index (χ1v) is 9.07. The van der Waals surface area contributed by atoms with Gasteiger partial charge in [-0.05, 0) is 30.7 Å². The molecule has 1 aromatic carbocycles. The van der Waals surface area contributed by atoms with Crippen LogP contribution in [0.2, 0.25) is 0 Å². The van der Waals surface area contributed by atoms with Gasteiger partial charge in [0.25, 0.3) is 11.5 Å². The van der Waals surface area contributed by atoms with Crippen LogP contribution in [-0.2, 0) is 4.79 Å². The van der Waals surface area contributed by atoms with E-state index in [1.54, 1.807) is 6.92 Å². The maximum absolute atomic E-state index is 13.0. The Kier molecular flexibility index (Phi) is 6.90. The van der Waals surface area contributed by atoms with Gasteiger partial charge < -0.3 is 10.6 Å². The van der Waals surface area contributed by atoms with Gasteiger partial charge in [-0.3, -0.25) is 19.4 Å². The summed E-state index contributed by atoms with van der Waals surface area (Å²) < 4.78 is 13.0. The van der Waals surface area contributed by atoms with Crippen LogP contribution < -0.4 is 16.2 Å². The summed E-state index contributed by atoms with van der Waals surface area (Å²) in [5, 5.41) is 5.31. The minimum Gasteiger partial charge on any atom is -0.314 e. The molecular formula is C17H19FN4O3S.